The molecule has 0 spiro atoms. The highest BCUT2D eigenvalue weighted by molar-refractivity contribution is 9.10. The van der Waals surface area contributed by atoms with Crippen molar-refractivity contribution < 1.29 is 4.74 Å². The molecule has 1 N–H and O–H groups in total. The van der Waals surface area contributed by atoms with Gasteiger partial charge in [-0.05, 0) is 31.5 Å². The minimum atomic E-state index is 0.161. The van der Waals surface area contributed by atoms with Gasteiger partial charge in [-0.15, -0.1) is 0 Å². The van der Waals surface area contributed by atoms with Crippen molar-refractivity contribution in [2.24, 2.45) is 5.41 Å². The smallest absolute Gasteiger partial charge is 0.184 e. The van der Waals surface area contributed by atoms with Crippen LogP contribution in [0, 0.1) is 5.41 Å². The molecule has 2 atom stereocenters. The standard InChI is InChI=1S/C15H19BrN2OS/c1-4-19-13-8-12(15(13,2)3)18-14-17-10-6-5-9(16)7-11(10)20-14/h5-7,12-13H,4,8H2,1-3H3,(H,17,18). The van der Waals surface area contributed by atoms with Crippen LogP contribution in [0.5, 0.6) is 0 Å². The van der Waals surface area contributed by atoms with Crippen LogP contribution in [0.4, 0.5) is 5.13 Å². The van der Waals surface area contributed by atoms with Gasteiger partial charge < -0.3 is 10.1 Å². The molecular formula is C15H19BrN2OS. The fourth-order valence-corrected chi connectivity index (χ4v) is 4.19. The van der Waals surface area contributed by atoms with Gasteiger partial charge in [0.15, 0.2) is 5.13 Å². The third-order valence-corrected chi connectivity index (χ3v) is 5.64. The molecule has 0 radical (unpaired) electrons. The van der Waals surface area contributed by atoms with Crippen molar-refractivity contribution in [1.82, 2.24) is 4.98 Å². The van der Waals surface area contributed by atoms with Gasteiger partial charge in [0.1, 0.15) is 0 Å². The number of hydrogen-bond acceptors (Lipinski definition) is 4. The number of thiazole rings is 1. The molecule has 3 nitrogen and oxygen atoms in total. The Kier molecular flexibility index (Phi) is 3.77. The largest absolute Gasteiger partial charge is 0.378 e. The maximum atomic E-state index is 5.77. The molecule has 0 saturated heterocycles. The summed E-state index contributed by atoms with van der Waals surface area (Å²) < 4.78 is 8.08. The van der Waals surface area contributed by atoms with E-state index in [1.165, 1.54) is 4.70 Å². The molecule has 3 rings (SSSR count). The fraction of sp³-hybridized carbons (Fsp3) is 0.533. The summed E-state index contributed by atoms with van der Waals surface area (Å²) in [6.07, 6.45) is 1.41. The van der Waals surface area contributed by atoms with E-state index in [1.54, 1.807) is 11.3 Å². The Hall–Kier alpha value is -0.650. The first-order chi connectivity index (χ1) is 9.50. The summed E-state index contributed by atoms with van der Waals surface area (Å²) in [5.41, 5.74) is 1.22. The molecule has 108 valence electrons. The molecule has 1 aliphatic rings. The first-order valence-corrected chi connectivity index (χ1v) is 8.56. The van der Waals surface area contributed by atoms with Crippen molar-refractivity contribution in [3.63, 3.8) is 0 Å². The molecule has 1 saturated carbocycles. The first-order valence-electron chi connectivity index (χ1n) is 6.95. The van der Waals surface area contributed by atoms with Crippen LogP contribution >= 0.6 is 27.3 Å². The molecular weight excluding hydrogens is 336 g/mol. The number of ether oxygens (including phenoxy) is 1. The summed E-state index contributed by atoms with van der Waals surface area (Å²) in [6.45, 7) is 7.37. The lowest BCUT2D eigenvalue weighted by Crippen LogP contribution is -2.58. The van der Waals surface area contributed by atoms with E-state index in [9.17, 15) is 0 Å². The maximum Gasteiger partial charge on any atom is 0.184 e. The van der Waals surface area contributed by atoms with E-state index >= 15 is 0 Å². The van der Waals surface area contributed by atoms with Crippen LogP contribution in [0.3, 0.4) is 0 Å². The summed E-state index contributed by atoms with van der Waals surface area (Å²) in [4.78, 5) is 4.66. The topological polar surface area (TPSA) is 34.1 Å². The molecule has 2 unspecified atom stereocenters. The predicted molar refractivity (Wildman–Crippen MR) is 88.5 cm³/mol. The number of fused-ring (bicyclic) bond motifs is 1. The van der Waals surface area contributed by atoms with Gasteiger partial charge in [0.25, 0.3) is 0 Å². The van der Waals surface area contributed by atoms with Crippen molar-refractivity contribution >= 4 is 42.6 Å². The highest BCUT2D eigenvalue weighted by atomic mass is 79.9. The number of aromatic nitrogens is 1. The molecule has 20 heavy (non-hydrogen) atoms. The summed E-state index contributed by atoms with van der Waals surface area (Å²) >= 11 is 5.21. The number of rotatable bonds is 4. The monoisotopic (exact) mass is 354 g/mol. The molecule has 1 aromatic carbocycles. The lowest BCUT2D eigenvalue weighted by molar-refractivity contribution is -0.0975. The Balaban J connectivity index is 1.74. The molecule has 1 heterocycles. The van der Waals surface area contributed by atoms with Crippen LogP contribution in [-0.2, 0) is 4.74 Å². The van der Waals surface area contributed by atoms with Crippen molar-refractivity contribution in [1.29, 1.82) is 0 Å². The van der Waals surface area contributed by atoms with Gasteiger partial charge in [0.2, 0.25) is 0 Å². The lowest BCUT2D eigenvalue weighted by Gasteiger charge is -2.51. The first kappa shape index (κ1) is 14.3. The van der Waals surface area contributed by atoms with E-state index in [-0.39, 0.29) is 5.41 Å². The normalized spacial score (nSPS) is 24.6. The van der Waals surface area contributed by atoms with Gasteiger partial charge in [0, 0.05) is 22.5 Å². The van der Waals surface area contributed by atoms with E-state index in [1.807, 2.05) is 6.07 Å². The third kappa shape index (κ3) is 2.47. The number of anilines is 1. The molecule has 0 amide bonds. The van der Waals surface area contributed by atoms with Crippen molar-refractivity contribution in [2.45, 2.75) is 39.3 Å². The van der Waals surface area contributed by atoms with Crippen molar-refractivity contribution in [3.05, 3.63) is 22.7 Å². The summed E-state index contributed by atoms with van der Waals surface area (Å²) in [5.74, 6) is 0. The van der Waals surface area contributed by atoms with E-state index in [4.69, 9.17) is 4.74 Å². The van der Waals surface area contributed by atoms with Gasteiger partial charge >= 0.3 is 0 Å². The summed E-state index contributed by atoms with van der Waals surface area (Å²) in [7, 11) is 0. The number of halogens is 1. The Morgan fingerprint density at radius 2 is 2.30 bits per heavy atom. The lowest BCUT2D eigenvalue weighted by atomic mass is 9.64. The molecule has 1 fully saturated rings. The van der Waals surface area contributed by atoms with Gasteiger partial charge in [-0.3, -0.25) is 0 Å². The number of nitrogens with one attached hydrogen (secondary N) is 1. The van der Waals surface area contributed by atoms with Crippen molar-refractivity contribution in [3.8, 4) is 0 Å². The van der Waals surface area contributed by atoms with Crippen LogP contribution in [0.25, 0.3) is 10.2 Å². The molecule has 0 aliphatic heterocycles. The minimum Gasteiger partial charge on any atom is -0.378 e. The Morgan fingerprint density at radius 1 is 1.50 bits per heavy atom. The third-order valence-electron chi connectivity index (χ3n) is 4.19. The second-order valence-corrected chi connectivity index (χ2v) is 7.78. The van der Waals surface area contributed by atoms with E-state index in [0.717, 1.165) is 28.1 Å². The highest BCUT2D eigenvalue weighted by Crippen LogP contribution is 2.45. The second-order valence-electron chi connectivity index (χ2n) is 5.83. The predicted octanol–water partition coefficient (Wildman–Crippen LogP) is 4.67. The molecule has 1 aromatic heterocycles. The van der Waals surface area contributed by atoms with Crippen LogP contribution in [0.2, 0.25) is 0 Å². The van der Waals surface area contributed by atoms with E-state index in [0.29, 0.717) is 12.1 Å². The molecule has 5 heteroatoms. The van der Waals surface area contributed by atoms with E-state index in [2.05, 4.69) is 59.1 Å². The van der Waals surface area contributed by atoms with Gasteiger partial charge in [-0.2, -0.15) is 0 Å². The van der Waals surface area contributed by atoms with Crippen molar-refractivity contribution in [2.75, 3.05) is 11.9 Å². The van der Waals surface area contributed by atoms with Gasteiger partial charge in [-0.1, -0.05) is 41.1 Å². The highest BCUT2D eigenvalue weighted by Gasteiger charge is 2.49. The van der Waals surface area contributed by atoms with Crippen LogP contribution in [-0.4, -0.2) is 23.7 Å². The number of benzene rings is 1. The SMILES string of the molecule is CCOC1CC(Nc2nc3ccc(Br)cc3s2)C1(C)C. The second kappa shape index (κ2) is 5.28. The number of nitrogens with zero attached hydrogens (tertiary/aromatic N) is 1. The summed E-state index contributed by atoms with van der Waals surface area (Å²) in [5, 5.41) is 4.58. The average molecular weight is 355 g/mol. The van der Waals surface area contributed by atoms with Gasteiger partial charge in [0.05, 0.1) is 16.3 Å². The molecule has 1 aliphatic carbocycles. The van der Waals surface area contributed by atoms with Crippen LogP contribution < -0.4 is 5.32 Å². The summed E-state index contributed by atoms with van der Waals surface area (Å²) in [6, 6.07) is 6.64. The fourth-order valence-electron chi connectivity index (χ4n) is 2.72. The van der Waals surface area contributed by atoms with E-state index < -0.39 is 0 Å². The number of hydrogen-bond donors (Lipinski definition) is 1. The van der Waals surface area contributed by atoms with Crippen LogP contribution in [0.15, 0.2) is 22.7 Å². The maximum absolute atomic E-state index is 5.77. The zero-order chi connectivity index (χ0) is 14.3. The Labute approximate surface area is 131 Å². The zero-order valence-corrected chi connectivity index (χ0v) is 14.3. The minimum absolute atomic E-state index is 0.161. The Morgan fingerprint density at radius 3 is 3.00 bits per heavy atom. The Bertz CT molecular complexity index is 625. The van der Waals surface area contributed by atoms with Gasteiger partial charge in [-0.25, -0.2) is 4.98 Å². The quantitative estimate of drug-likeness (QED) is 0.865. The zero-order valence-electron chi connectivity index (χ0n) is 11.9. The molecule has 0 bridgehead atoms. The molecule has 2 aromatic rings. The van der Waals surface area contributed by atoms with Crippen LogP contribution in [0.1, 0.15) is 27.2 Å². The average Bonchev–Trinajstić information content (AvgIpc) is 2.79.